The molecule has 0 spiro atoms. The first-order valence-electron chi connectivity index (χ1n) is 8.92. The van der Waals surface area contributed by atoms with Crippen molar-refractivity contribution < 1.29 is 19.1 Å². The highest BCUT2D eigenvalue weighted by atomic mass is 35.5. The van der Waals surface area contributed by atoms with Crippen molar-refractivity contribution in [1.82, 2.24) is 9.78 Å². The molecule has 8 nitrogen and oxygen atoms in total. The van der Waals surface area contributed by atoms with E-state index >= 15 is 0 Å². The molecule has 2 aromatic carbocycles. The van der Waals surface area contributed by atoms with Crippen LogP contribution in [-0.4, -0.2) is 28.4 Å². The predicted molar refractivity (Wildman–Crippen MR) is 106 cm³/mol. The predicted octanol–water partition coefficient (Wildman–Crippen LogP) is 3.45. The minimum atomic E-state index is -0.773. The van der Waals surface area contributed by atoms with Gasteiger partial charge in [0, 0.05) is 22.3 Å². The van der Waals surface area contributed by atoms with Crippen molar-refractivity contribution in [3.63, 3.8) is 0 Å². The fraction of sp³-hybridized carbons (Fsp3) is 0.150. The van der Waals surface area contributed by atoms with Gasteiger partial charge in [-0.15, -0.1) is 0 Å². The van der Waals surface area contributed by atoms with Crippen molar-refractivity contribution in [2.75, 3.05) is 17.4 Å². The first-order valence-corrected chi connectivity index (χ1v) is 9.30. The van der Waals surface area contributed by atoms with Crippen LogP contribution in [0.25, 0.3) is 11.1 Å². The van der Waals surface area contributed by atoms with E-state index in [9.17, 15) is 9.59 Å². The third-order valence-electron chi connectivity index (χ3n) is 4.83. The van der Waals surface area contributed by atoms with E-state index in [0.29, 0.717) is 28.0 Å². The second-order valence-electron chi connectivity index (χ2n) is 6.68. The van der Waals surface area contributed by atoms with Gasteiger partial charge < -0.3 is 20.1 Å². The maximum atomic E-state index is 12.9. The first kappa shape index (κ1) is 17.6. The number of hydrogen-bond donors (Lipinski definition) is 2. The largest absolute Gasteiger partial charge is 0.454 e. The van der Waals surface area contributed by atoms with Gasteiger partial charge in [-0.2, -0.15) is 5.10 Å². The molecular weight excluding hydrogens is 396 g/mol. The van der Waals surface area contributed by atoms with Crippen LogP contribution in [0.4, 0.5) is 11.5 Å². The number of fused-ring (bicyclic) bond motifs is 2. The standard InChI is InChI=1S/C20H15ClN4O4/c21-12-3-1-11(2-4-12)14-9-22-25-15(8-18(26)24-19(14)25)20(27)23-13-5-6-16-17(7-13)29-10-28-16/h1-7,9,15H,8,10H2,(H,23,27)(H,24,26)/t15-/m0/s1. The maximum Gasteiger partial charge on any atom is 0.249 e. The molecule has 3 aromatic rings. The number of halogens is 1. The van der Waals surface area contributed by atoms with Gasteiger partial charge >= 0.3 is 0 Å². The van der Waals surface area contributed by atoms with Crippen LogP contribution in [0.2, 0.25) is 5.02 Å². The lowest BCUT2D eigenvalue weighted by molar-refractivity contribution is -0.125. The summed E-state index contributed by atoms with van der Waals surface area (Å²) in [7, 11) is 0. The summed E-state index contributed by atoms with van der Waals surface area (Å²) in [6, 6.07) is 11.5. The molecule has 29 heavy (non-hydrogen) atoms. The molecule has 0 saturated heterocycles. The van der Waals surface area contributed by atoms with Crippen LogP contribution >= 0.6 is 11.6 Å². The number of carbonyl (C=O) groups excluding carboxylic acids is 2. The van der Waals surface area contributed by atoms with E-state index in [-0.39, 0.29) is 25.0 Å². The number of rotatable bonds is 3. The van der Waals surface area contributed by atoms with Gasteiger partial charge in [-0.1, -0.05) is 23.7 Å². The molecule has 5 rings (SSSR count). The Kier molecular flexibility index (Phi) is 4.13. The van der Waals surface area contributed by atoms with Crippen LogP contribution in [0.3, 0.4) is 0 Å². The zero-order valence-electron chi connectivity index (χ0n) is 15.0. The lowest BCUT2D eigenvalue weighted by atomic mass is 10.1. The molecule has 2 amide bonds. The highest BCUT2D eigenvalue weighted by Gasteiger charge is 2.33. The Morgan fingerprint density at radius 2 is 1.97 bits per heavy atom. The Hall–Kier alpha value is -3.52. The zero-order valence-corrected chi connectivity index (χ0v) is 15.8. The molecule has 1 atom stereocenters. The van der Waals surface area contributed by atoms with E-state index in [1.165, 1.54) is 4.68 Å². The van der Waals surface area contributed by atoms with E-state index < -0.39 is 6.04 Å². The molecule has 0 radical (unpaired) electrons. The second kappa shape index (κ2) is 6.82. The van der Waals surface area contributed by atoms with Gasteiger partial charge in [0.1, 0.15) is 11.9 Å². The fourth-order valence-electron chi connectivity index (χ4n) is 3.41. The van der Waals surface area contributed by atoms with E-state index in [1.807, 2.05) is 12.1 Å². The summed E-state index contributed by atoms with van der Waals surface area (Å²) in [5.74, 6) is 1.08. The average Bonchev–Trinajstić information content (AvgIpc) is 3.34. The number of nitrogens with zero attached hydrogens (tertiary/aromatic N) is 2. The molecule has 2 N–H and O–H groups in total. The highest BCUT2D eigenvalue weighted by molar-refractivity contribution is 6.30. The van der Waals surface area contributed by atoms with E-state index in [2.05, 4.69) is 15.7 Å². The van der Waals surface area contributed by atoms with Gasteiger partial charge in [-0.05, 0) is 29.8 Å². The SMILES string of the molecule is O=C1C[C@@H](C(=O)Nc2ccc3c(c2)OCO3)n2ncc(-c3ccc(Cl)cc3)c2N1. The first-order chi connectivity index (χ1) is 14.1. The minimum Gasteiger partial charge on any atom is -0.454 e. The number of benzene rings is 2. The van der Waals surface area contributed by atoms with E-state index in [1.54, 1.807) is 36.5 Å². The van der Waals surface area contributed by atoms with Crippen molar-refractivity contribution in [3.8, 4) is 22.6 Å². The molecule has 0 unspecified atom stereocenters. The van der Waals surface area contributed by atoms with Crippen LogP contribution in [0.5, 0.6) is 11.5 Å². The summed E-state index contributed by atoms with van der Waals surface area (Å²) >= 11 is 5.96. The molecule has 0 saturated carbocycles. The molecule has 2 aliphatic rings. The lowest BCUT2D eigenvalue weighted by Gasteiger charge is -2.24. The van der Waals surface area contributed by atoms with Gasteiger partial charge in [0.2, 0.25) is 18.6 Å². The number of amides is 2. The van der Waals surface area contributed by atoms with E-state index in [0.717, 1.165) is 11.1 Å². The Labute approximate surface area is 170 Å². The van der Waals surface area contributed by atoms with Gasteiger partial charge in [0.15, 0.2) is 11.5 Å². The van der Waals surface area contributed by atoms with Crippen LogP contribution in [0.1, 0.15) is 12.5 Å². The van der Waals surface area contributed by atoms with Crippen molar-refractivity contribution in [2.45, 2.75) is 12.5 Å². The Balaban J connectivity index is 1.44. The van der Waals surface area contributed by atoms with Crippen molar-refractivity contribution in [1.29, 1.82) is 0 Å². The summed E-state index contributed by atoms with van der Waals surface area (Å²) in [4.78, 5) is 25.2. The lowest BCUT2D eigenvalue weighted by Crippen LogP contribution is -2.35. The topological polar surface area (TPSA) is 94.5 Å². The third-order valence-corrected chi connectivity index (χ3v) is 5.08. The van der Waals surface area contributed by atoms with Crippen LogP contribution < -0.4 is 20.1 Å². The van der Waals surface area contributed by atoms with Crippen molar-refractivity contribution >= 4 is 34.9 Å². The number of anilines is 2. The van der Waals surface area contributed by atoms with Gasteiger partial charge in [-0.25, -0.2) is 4.68 Å². The molecule has 0 fully saturated rings. The quantitative estimate of drug-likeness (QED) is 0.689. The number of hydrogen-bond acceptors (Lipinski definition) is 5. The third kappa shape index (κ3) is 3.17. The van der Waals surface area contributed by atoms with Crippen molar-refractivity contribution in [2.24, 2.45) is 0 Å². The summed E-state index contributed by atoms with van der Waals surface area (Å²) < 4.78 is 12.1. The summed E-state index contributed by atoms with van der Waals surface area (Å²) in [5, 5.41) is 10.6. The molecule has 2 aliphatic heterocycles. The normalized spacial score (nSPS) is 16.9. The van der Waals surface area contributed by atoms with E-state index in [4.69, 9.17) is 21.1 Å². The number of ether oxygens (including phenoxy) is 2. The van der Waals surface area contributed by atoms with Crippen LogP contribution in [0.15, 0.2) is 48.7 Å². The fourth-order valence-corrected chi connectivity index (χ4v) is 3.54. The Morgan fingerprint density at radius 3 is 2.79 bits per heavy atom. The monoisotopic (exact) mass is 410 g/mol. The summed E-state index contributed by atoms with van der Waals surface area (Å²) in [5.41, 5.74) is 2.11. The number of nitrogens with one attached hydrogen (secondary N) is 2. The van der Waals surface area contributed by atoms with Crippen LogP contribution in [0, 0.1) is 0 Å². The van der Waals surface area contributed by atoms with Crippen LogP contribution in [-0.2, 0) is 9.59 Å². The Bertz CT molecular complexity index is 1130. The molecular formula is C20H15ClN4O4. The molecule has 0 aliphatic carbocycles. The van der Waals surface area contributed by atoms with Gasteiger partial charge in [-0.3, -0.25) is 9.59 Å². The smallest absolute Gasteiger partial charge is 0.249 e. The molecule has 0 bridgehead atoms. The maximum absolute atomic E-state index is 12.9. The number of carbonyl (C=O) groups is 2. The minimum absolute atomic E-state index is 0.00881. The molecule has 3 heterocycles. The average molecular weight is 411 g/mol. The Morgan fingerprint density at radius 1 is 1.17 bits per heavy atom. The molecule has 146 valence electrons. The van der Waals surface area contributed by atoms with Gasteiger partial charge in [0.25, 0.3) is 0 Å². The highest BCUT2D eigenvalue weighted by Crippen LogP contribution is 2.36. The zero-order chi connectivity index (χ0) is 20.0. The van der Waals surface area contributed by atoms with Crippen molar-refractivity contribution in [3.05, 3.63) is 53.7 Å². The van der Waals surface area contributed by atoms with Gasteiger partial charge in [0.05, 0.1) is 12.6 Å². The second-order valence-corrected chi connectivity index (χ2v) is 7.12. The summed E-state index contributed by atoms with van der Waals surface area (Å²) in [6.07, 6.45) is 1.62. The number of aromatic nitrogens is 2. The molecule has 9 heteroatoms. The molecule has 1 aromatic heterocycles. The summed E-state index contributed by atoms with van der Waals surface area (Å²) in [6.45, 7) is 0.152.